The molecule has 0 aliphatic carbocycles. The fourth-order valence-corrected chi connectivity index (χ4v) is 2.46. The Morgan fingerprint density at radius 1 is 1.32 bits per heavy atom. The van der Waals surface area contributed by atoms with Gasteiger partial charge in [-0.25, -0.2) is 5.26 Å². The SMILES string of the molecule is Cc1cc(C(=O)C(=O)CCBr)cc(C)c1SOOO. The minimum atomic E-state index is -0.499. The number of hydrogen-bond donors (Lipinski definition) is 1. The highest BCUT2D eigenvalue weighted by Crippen LogP contribution is 2.28. The van der Waals surface area contributed by atoms with Crippen LogP contribution in [0.15, 0.2) is 17.0 Å². The van der Waals surface area contributed by atoms with Gasteiger partial charge in [0.05, 0.1) is 12.0 Å². The number of benzene rings is 1. The summed E-state index contributed by atoms with van der Waals surface area (Å²) in [6, 6.07) is 3.23. The summed E-state index contributed by atoms with van der Waals surface area (Å²) in [6.45, 7) is 3.56. The zero-order valence-electron chi connectivity index (χ0n) is 10.4. The number of alkyl halides is 1. The summed E-state index contributed by atoms with van der Waals surface area (Å²) in [4.78, 5) is 24.2. The Kier molecular flexibility index (Phi) is 6.67. The molecule has 19 heavy (non-hydrogen) atoms. The first-order valence-electron chi connectivity index (χ1n) is 5.40. The maximum absolute atomic E-state index is 11.9. The van der Waals surface area contributed by atoms with E-state index in [0.29, 0.717) is 10.9 Å². The number of hydrogen-bond acceptors (Lipinski definition) is 6. The molecule has 0 fully saturated rings. The predicted molar refractivity (Wildman–Crippen MR) is 74.3 cm³/mol. The van der Waals surface area contributed by atoms with Gasteiger partial charge in [-0.3, -0.25) is 9.59 Å². The van der Waals surface area contributed by atoms with E-state index < -0.39 is 11.6 Å². The molecule has 0 atom stereocenters. The van der Waals surface area contributed by atoms with Crippen molar-refractivity contribution in [2.75, 3.05) is 5.33 Å². The van der Waals surface area contributed by atoms with Crippen molar-refractivity contribution in [1.82, 2.24) is 0 Å². The Morgan fingerprint density at radius 3 is 2.37 bits per heavy atom. The van der Waals surface area contributed by atoms with E-state index in [4.69, 9.17) is 5.26 Å². The normalized spacial score (nSPS) is 10.5. The summed E-state index contributed by atoms with van der Waals surface area (Å²) in [5.41, 5.74) is 1.88. The Hall–Kier alpha value is -0.730. The molecule has 1 rings (SSSR count). The van der Waals surface area contributed by atoms with E-state index in [-0.39, 0.29) is 6.42 Å². The molecule has 0 heterocycles. The van der Waals surface area contributed by atoms with Crippen LogP contribution in [0.25, 0.3) is 0 Å². The Labute approximate surface area is 123 Å². The molecule has 5 nitrogen and oxygen atoms in total. The van der Waals surface area contributed by atoms with Gasteiger partial charge in [-0.15, -0.1) is 4.33 Å². The molecule has 0 aromatic heterocycles. The van der Waals surface area contributed by atoms with E-state index in [0.717, 1.165) is 28.1 Å². The number of Topliss-reactive ketones (excluding diaryl/α,β-unsaturated/α-hetero) is 2. The van der Waals surface area contributed by atoms with Crippen LogP contribution in [0, 0.1) is 13.8 Å². The van der Waals surface area contributed by atoms with Crippen molar-refractivity contribution < 1.29 is 24.2 Å². The fourth-order valence-electron chi connectivity index (χ4n) is 1.62. The first-order valence-corrected chi connectivity index (χ1v) is 7.27. The van der Waals surface area contributed by atoms with Crippen LogP contribution < -0.4 is 0 Å². The van der Waals surface area contributed by atoms with Crippen molar-refractivity contribution in [2.24, 2.45) is 0 Å². The van der Waals surface area contributed by atoms with E-state index in [1.54, 1.807) is 26.0 Å². The van der Waals surface area contributed by atoms with E-state index in [1.807, 2.05) is 0 Å². The highest BCUT2D eigenvalue weighted by molar-refractivity contribution is 9.09. The number of carbonyl (C=O) groups excluding carboxylic acids is 2. The Bertz CT molecular complexity index is 466. The minimum Gasteiger partial charge on any atom is -0.290 e. The molecule has 0 radical (unpaired) electrons. The first kappa shape index (κ1) is 16.3. The second-order valence-corrected chi connectivity index (χ2v) is 5.36. The third-order valence-corrected chi connectivity index (χ3v) is 3.78. The lowest BCUT2D eigenvalue weighted by atomic mass is 10.0. The van der Waals surface area contributed by atoms with Crippen molar-refractivity contribution in [3.05, 3.63) is 28.8 Å². The second kappa shape index (κ2) is 7.76. The molecule has 1 N–H and O–H groups in total. The van der Waals surface area contributed by atoms with Gasteiger partial charge in [0.25, 0.3) is 0 Å². The summed E-state index contributed by atoms with van der Waals surface area (Å²) < 4.78 is 4.38. The molecule has 0 spiro atoms. The maximum atomic E-state index is 11.9. The van der Waals surface area contributed by atoms with Crippen molar-refractivity contribution in [1.29, 1.82) is 0 Å². The number of halogens is 1. The van der Waals surface area contributed by atoms with Crippen molar-refractivity contribution in [3.63, 3.8) is 0 Å². The molecule has 0 unspecified atom stereocenters. The monoisotopic (exact) mass is 348 g/mol. The molecule has 0 aliphatic heterocycles. The summed E-state index contributed by atoms with van der Waals surface area (Å²) >= 11 is 3.97. The van der Waals surface area contributed by atoms with Crippen molar-refractivity contribution in [3.8, 4) is 0 Å². The predicted octanol–water partition coefficient (Wildman–Crippen LogP) is 3.27. The molecule has 1 aromatic carbocycles. The van der Waals surface area contributed by atoms with Gasteiger partial charge in [-0.2, -0.15) is 0 Å². The molecule has 0 amide bonds. The fraction of sp³-hybridized carbons (Fsp3) is 0.333. The summed E-state index contributed by atoms with van der Waals surface area (Å²) in [6.07, 6.45) is 0.175. The van der Waals surface area contributed by atoms with Crippen LogP contribution >= 0.6 is 28.0 Å². The minimum absolute atomic E-state index is 0.175. The third kappa shape index (κ3) is 4.39. The highest BCUT2D eigenvalue weighted by Gasteiger charge is 2.18. The van der Waals surface area contributed by atoms with Gasteiger partial charge in [-0.1, -0.05) is 21.0 Å². The summed E-state index contributed by atoms with van der Waals surface area (Å²) in [5, 5.41) is 12.1. The van der Waals surface area contributed by atoms with Gasteiger partial charge in [-0.05, 0) is 37.1 Å². The van der Waals surface area contributed by atoms with Gasteiger partial charge >= 0.3 is 0 Å². The van der Waals surface area contributed by atoms with Crippen LogP contribution in [0.5, 0.6) is 0 Å². The Morgan fingerprint density at radius 2 is 1.89 bits per heavy atom. The van der Waals surface area contributed by atoms with Crippen LogP contribution in [0.1, 0.15) is 27.9 Å². The molecule has 0 saturated heterocycles. The van der Waals surface area contributed by atoms with Crippen molar-refractivity contribution in [2.45, 2.75) is 25.2 Å². The molecule has 1 aromatic rings. The number of ketones is 2. The zero-order chi connectivity index (χ0) is 14.4. The van der Waals surface area contributed by atoms with Crippen LogP contribution in [-0.4, -0.2) is 22.2 Å². The van der Waals surface area contributed by atoms with Gasteiger partial charge in [0.2, 0.25) is 11.6 Å². The molecule has 7 heteroatoms. The zero-order valence-corrected chi connectivity index (χ0v) is 12.8. The number of aryl methyl sites for hydroxylation is 2. The standard InChI is InChI=1S/C12H13BrO5S/c1-7-5-9(11(15)10(14)3-4-13)6-8(2)12(7)19-18-17-16/h5-6,16H,3-4H2,1-2H3. The van der Waals surface area contributed by atoms with E-state index >= 15 is 0 Å². The second-order valence-electron chi connectivity index (χ2n) is 3.86. The number of rotatable bonds is 7. The maximum Gasteiger partial charge on any atom is 0.228 e. The number of carbonyl (C=O) groups is 2. The van der Waals surface area contributed by atoms with E-state index in [2.05, 4.69) is 25.3 Å². The van der Waals surface area contributed by atoms with Crippen LogP contribution in [0.3, 0.4) is 0 Å². The average molecular weight is 349 g/mol. The molecular formula is C12H13BrO5S. The average Bonchev–Trinajstić information content (AvgIpc) is 2.37. The lowest BCUT2D eigenvalue weighted by Crippen LogP contribution is -2.15. The lowest BCUT2D eigenvalue weighted by molar-refractivity contribution is -0.432. The van der Waals surface area contributed by atoms with Gasteiger partial charge in [0.15, 0.2) is 0 Å². The molecular weight excluding hydrogens is 336 g/mol. The van der Waals surface area contributed by atoms with Crippen LogP contribution in [0.4, 0.5) is 0 Å². The van der Waals surface area contributed by atoms with Gasteiger partial charge in [0, 0.05) is 22.2 Å². The summed E-state index contributed by atoms with van der Waals surface area (Å²) in [7, 11) is 0. The van der Waals surface area contributed by atoms with Gasteiger partial charge < -0.3 is 0 Å². The van der Waals surface area contributed by atoms with E-state index in [9.17, 15) is 9.59 Å². The van der Waals surface area contributed by atoms with Gasteiger partial charge in [0.1, 0.15) is 0 Å². The molecule has 0 saturated carbocycles. The quantitative estimate of drug-likeness (QED) is 0.203. The van der Waals surface area contributed by atoms with Crippen LogP contribution in [-0.2, 0) is 14.2 Å². The molecule has 104 valence electrons. The topological polar surface area (TPSA) is 72.8 Å². The first-order chi connectivity index (χ1) is 9.01. The third-order valence-electron chi connectivity index (χ3n) is 2.45. The Balaban J connectivity index is 3.00. The highest BCUT2D eigenvalue weighted by atomic mass is 79.9. The smallest absolute Gasteiger partial charge is 0.228 e. The van der Waals surface area contributed by atoms with E-state index in [1.165, 1.54) is 0 Å². The molecule has 0 aliphatic rings. The summed E-state index contributed by atoms with van der Waals surface area (Å²) in [5.74, 6) is -0.924. The lowest BCUT2D eigenvalue weighted by Gasteiger charge is -2.09. The van der Waals surface area contributed by atoms with Crippen LogP contribution in [0.2, 0.25) is 0 Å². The van der Waals surface area contributed by atoms with Crippen molar-refractivity contribution >= 4 is 39.5 Å². The largest absolute Gasteiger partial charge is 0.290 e. The molecule has 0 bridgehead atoms.